The van der Waals surface area contributed by atoms with E-state index in [9.17, 15) is 4.39 Å². The molecule has 3 rings (SSSR count). The van der Waals surface area contributed by atoms with E-state index in [2.05, 4.69) is 10.3 Å². The van der Waals surface area contributed by atoms with Crippen LogP contribution in [0.5, 0.6) is 0 Å². The van der Waals surface area contributed by atoms with Crippen LogP contribution in [0, 0.1) is 5.82 Å². The Morgan fingerprint density at radius 2 is 2.28 bits per heavy atom. The third-order valence-corrected chi connectivity index (χ3v) is 3.19. The topological polar surface area (TPSA) is 38.1 Å². The molecule has 0 aliphatic heterocycles. The largest absolute Gasteiger partial charge is 0.443 e. The lowest BCUT2D eigenvalue weighted by Crippen LogP contribution is -2.16. The number of benzene rings is 1. The van der Waals surface area contributed by atoms with Gasteiger partial charge in [0.15, 0.2) is 12.2 Å². The van der Waals surface area contributed by atoms with Crippen LogP contribution in [0.2, 0.25) is 5.02 Å². The van der Waals surface area contributed by atoms with Crippen LogP contribution in [0.4, 0.5) is 4.39 Å². The van der Waals surface area contributed by atoms with E-state index in [1.807, 2.05) is 0 Å². The van der Waals surface area contributed by atoms with Crippen molar-refractivity contribution in [2.75, 3.05) is 0 Å². The smallest absolute Gasteiger partial charge is 0.181 e. The number of halogens is 2. The van der Waals surface area contributed by atoms with E-state index in [0.717, 1.165) is 5.69 Å². The molecule has 0 amide bonds. The normalized spacial score (nSPS) is 15.0. The highest BCUT2D eigenvalue weighted by Crippen LogP contribution is 2.28. The Morgan fingerprint density at radius 3 is 3.00 bits per heavy atom. The van der Waals surface area contributed by atoms with Crippen molar-refractivity contribution < 1.29 is 8.81 Å². The number of nitrogens with zero attached hydrogens (tertiary/aromatic N) is 1. The fourth-order valence-corrected chi connectivity index (χ4v) is 1.98. The SMILES string of the molecule is Fc1cc(Cl)ccc1-c1ocnc1CNC1CC1. The van der Waals surface area contributed by atoms with Gasteiger partial charge < -0.3 is 9.73 Å². The van der Waals surface area contributed by atoms with Crippen molar-refractivity contribution in [2.45, 2.75) is 25.4 Å². The van der Waals surface area contributed by atoms with Crippen molar-refractivity contribution in [2.24, 2.45) is 0 Å². The fraction of sp³-hybridized carbons (Fsp3) is 0.308. The van der Waals surface area contributed by atoms with E-state index in [1.165, 1.54) is 25.3 Å². The van der Waals surface area contributed by atoms with Gasteiger partial charge in [-0.05, 0) is 31.0 Å². The van der Waals surface area contributed by atoms with Crippen LogP contribution in [-0.2, 0) is 6.54 Å². The molecule has 3 nitrogen and oxygen atoms in total. The van der Waals surface area contributed by atoms with Crippen molar-refractivity contribution >= 4 is 11.6 Å². The predicted molar refractivity (Wildman–Crippen MR) is 66.8 cm³/mol. The van der Waals surface area contributed by atoms with Crippen LogP contribution in [0.1, 0.15) is 18.5 Å². The van der Waals surface area contributed by atoms with Gasteiger partial charge in [-0.1, -0.05) is 11.6 Å². The van der Waals surface area contributed by atoms with Gasteiger partial charge in [-0.25, -0.2) is 9.37 Å². The van der Waals surface area contributed by atoms with Gasteiger partial charge in [-0.2, -0.15) is 0 Å². The van der Waals surface area contributed by atoms with E-state index >= 15 is 0 Å². The van der Waals surface area contributed by atoms with Crippen LogP contribution >= 0.6 is 11.6 Å². The van der Waals surface area contributed by atoms with Gasteiger partial charge in [-0.3, -0.25) is 0 Å². The lowest BCUT2D eigenvalue weighted by atomic mass is 10.1. The Bertz CT molecular complexity index is 566. The number of oxazole rings is 1. The van der Waals surface area contributed by atoms with E-state index < -0.39 is 5.82 Å². The molecule has 5 heteroatoms. The zero-order chi connectivity index (χ0) is 12.5. The first-order chi connectivity index (χ1) is 8.74. The molecule has 0 atom stereocenters. The molecular formula is C13H12ClFN2O. The van der Waals surface area contributed by atoms with Crippen molar-refractivity contribution in [1.82, 2.24) is 10.3 Å². The molecule has 18 heavy (non-hydrogen) atoms. The standard InChI is InChI=1S/C13H12ClFN2O/c14-8-1-4-10(11(15)5-8)13-12(17-7-18-13)6-16-9-2-3-9/h1,4-5,7,9,16H,2-3,6H2. The molecule has 1 aliphatic carbocycles. The van der Waals surface area contributed by atoms with Crippen LogP contribution in [0.15, 0.2) is 29.0 Å². The molecule has 0 unspecified atom stereocenters. The van der Waals surface area contributed by atoms with E-state index in [4.69, 9.17) is 16.0 Å². The van der Waals surface area contributed by atoms with Crippen molar-refractivity contribution in [3.05, 3.63) is 41.1 Å². The van der Waals surface area contributed by atoms with Gasteiger partial charge in [0.1, 0.15) is 11.5 Å². The molecule has 1 saturated carbocycles. The van der Waals surface area contributed by atoms with Crippen molar-refractivity contribution in [3.63, 3.8) is 0 Å². The Balaban J connectivity index is 1.88. The molecule has 1 aliphatic rings. The van der Waals surface area contributed by atoms with E-state index in [-0.39, 0.29) is 0 Å². The minimum atomic E-state index is -0.396. The summed E-state index contributed by atoms with van der Waals surface area (Å²) in [4.78, 5) is 4.13. The Morgan fingerprint density at radius 1 is 1.44 bits per heavy atom. The maximum atomic E-state index is 13.8. The number of hydrogen-bond donors (Lipinski definition) is 1. The molecule has 1 aromatic carbocycles. The highest BCUT2D eigenvalue weighted by molar-refractivity contribution is 6.30. The highest BCUT2D eigenvalue weighted by Gasteiger charge is 2.22. The lowest BCUT2D eigenvalue weighted by Gasteiger charge is -2.04. The van der Waals surface area contributed by atoms with Gasteiger partial charge in [-0.15, -0.1) is 0 Å². The number of hydrogen-bond acceptors (Lipinski definition) is 3. The molecular weight excluding hydrogens is 255 g/mol. The average Bonchev–Trinajstić information content (AvgIpc) is 3.06. The molecule has 1 heterocycles. The summed E-state index contributed by atoms with van der Waals surface area (Å²) in [6.07, 6.45) is 3.73. The summed E-state index contributed by atoms with van der Waals surface area (Å²) in [6, 6.07) is 5.10. The molecule has 94 valence electrons. The summed E-state index contributed by atoms with van der Waals surface area (Å²) in [5.74, 6) is 0.0734. The minimum absolute atomic E-state index is 0.369. The zero-order valence-corrected chi connectivity index (χ0v) is 10.4. The second kappa shape index (κ2) is 4.71. The third-order valence-electron chi connectivity index (χ3n) is 2.95. The predicted octanol–water partition coefficient (Wildman–Crippen LogP) is 3.39. The van der Waals surface area contributed by atoms with Crippen LogP contribution in [0.25, 0.3) is 11.3 Å². The molecule has 1 aromatic heterocycles. The van der Waals surface area contributed by atoms with Gasteiger partial charge in [0, 0.05) is 17.6 Å². The Labute approximate surface area is 109 Å². The molecule has 0 radical (unpaired) electrons. The first-order valence-electron chi connectivity index (χ1n) is 5.85. The maximum absolute atomic E-state index is 13.8. The third kappa shape index (κ3) is 2.40. The van der Waals surface area contributed by atoms with Crippen LogP contribution < -0.4 is 5.32 Å². The molecule has 1 fully saturated rings. The first kappa shape index (κ1) is 11.7. The number of rotatable bonds is 4. The van der Waals surface area contributed by atoms with Gasteiger partial charge >= 0.3 is 0 Å². The van der Waals surface area contributed by atoms with Gasteiger partial charge in [0.25, 0.3) is 0 Å². The minimum Gasteiger partial charge on any atom is -0.443 e. The van der Waals surface area contributed by atoms with Crippen molar-refractivity contribution in [3.8, 4) is 11.3 Å². The summed E-state index contributed by atoms with van der Waals surface area (Å²) in [6.45, 7) is 0.596. The second-order valence-corrected chi connectivity index (χ2v) is 4.84. The average molecular weight is 267 g/mol. The Kier molecular flexibility index (Phi) is 3.06. The molecule has 1 N–H and O–H groups in total. The summed E-state index contributed by atoms with van der Waals surface area (Å²) < 4.78 is 19.1. The van der Waals surface area contributed by atoms with Crippen LogP contribution in [0.3, 0.4) is 0 Å². The highest BCUT2D eigenvalue weighted by atomic mass is 35.5. The van der Waals surface area contributed by atoms with Crippen LogP contribution in [-0.4, -0.2) is 11.0 Å². The summed E-state index contributed by atoms with van der Waals surface area (Å²) in [7, 11) is 0. The summed E-state index contributed by atoms with van der Waals surface area (Å²) in [5, 5.41) is 3.70. The van der Waals surface area contributed by atoms with E-state index in [1.54, 1.807) is 12.1 Å². The molecule has 0 bridgehead atoms. The lowest BCUT2D eigenvalue weighted by molar-refractivity contribution is 0.559. The van der Waals surface area contributed by atoms with Crippen molar-refractivity contribution in [1.29, 1.82) is 0 Å². The van der Waals surface area contributed by atoms with E-state index in [0.29, 0.717) is 28.9 Å². The Hall–Kier alpha value is -1.39. The maximum Gasteiger partial charge on any atom is 0.181 e. The summed E-state index contributed by atoms with van der Waals surface area (Å²) in [5.41, 5.74) is 1.12. The zero-order valence-electron chi connectivity index (χ0n) is 9.62. The monoisotopic (exact) mass is 266 g/mol. The second-order valence-electron chi connectivity index (χ2n) is 4.41. The number of aromatic nitrogens is 1. The summed E-state index contributed by atoms with van der Waals surface area (Å²) >= 11 is 5.73. The molecule has 0 spiro atoms. The first-order valence-corrected chi connectivity index (χ1v) is 6.23. The fourth-order valence-electron chi connectivity index (χ4n) is 1.82. The van der Waals surface area contributed by atoms with Gasteiger partial charge in [0.2, 0.25) is 0 Å². The molecule has 2 aromatic rings. The molecule has 0 saturated heterocycles. The van der Waals surface area contributed by atoms with Gasteiger partial charge in [0.05, 0.1) is 5.56 Å². The quantitative estimate of drug-likeness (QED) is 0.922. The number of nitrogens with one attached hydrogen (secondary N) is 1.